The number of aliphatic hydroxyl groups excluding tert-OH is 1. The molecule has 8 heteroatoms. The highest BCUT2D eigenvalue weighted by Crippen LogP contribution is 2.40. The summed E-state index contributed by atoms with van der Waals surface area (Å²) in [6.07, 6.45) is 9.99. The van der Waals surface area contributed by atoms with Crippen molar-refractivity contribution in [1.82, 2.24) is 20.0 Å². The lowest BCUT2D eigenvalue weighted by Crippen LogP contribution is -2.59. The van der Waals surface area contributed by atoms with Gasteiger partial charge in [0.15, 0.2) is 0 Å². The number of hydrogen-bond donors (Lipinski definition) is 3. The van der Waals surface area contributed by atoms with Gasteiger partial charge in [-0.05, 0) is 44.1 Å². The molecule has 0 unspecified atom stereocenters. The SMILES string of the molecule is O=C(CC1CCCC1)N1CCC[C@@]2(CN(Cc3ccn[nH]3)CC[C@H]2O)C1.O=CO. The number of amides is 1. The number of rotatable bonds is 4. The Labute approximate surface area is 172 Å². The maximum Gasteiger partial charge on any atom is 0.290 e. The molecule has 0 aromatic carbocycles. The lowest BCUT2D eigenvalue weighted by atomic mass is 9.71. The van der Waals surface area contributed by atoms with E-state index < -0.39 is 0 Å². The second-order valence-electron chi connectivity index (χ2n) is 8.84. The van der Waals surface area contributed by atoms with Gasteiger partial charge in [-0.15, -0.1) is 0 Å². The van der Waals surface area contributed by atoms with Gasteiger partial charge in [0.05, 0.1) is 6.10 Å². The van der Waals surface area contributed by atoms with E-state index in [1.54, 1.807) is 6.20 Å². The largest absolute Gasteiger partial charge is 0.483 e. The number of piperidine rings is 2. The van der Waals surface area contributed by atoms with E-state index in [9.17, 15) is 9.90 Å². The normalized spacial score (nSPS) is 28.2. The van der Waals surface area contributed by atoms with E-state index in [0.29, 0.717) is 18.2 Å². The quantitative estimate of drug-likeness (QED) is 0.659. The molecule has 1 saturated carbocycles. The van der Waals surface area contributed by atoms with Gasteiger partial charge in [-0.25, -0.2) is 0 Å². The fourth-order valence-electron chi connectivity index (χ4n) is 5.35. The average Bonchev–Trinajstić information content (AvgIpc) is 3.40. The van der Waals surface area contributed by atoms with Crippen molar-refractivity contribution in [3.05, 3.63) is 18.0 Å². The highest BCUT2D eigenvalue weighted by Gasteiger charge is 2.46. The molecule has 2 aliphatic heterocycles. The van der Waals surface area contributed by atoms with Gasteiger partial charge in [-0.3, -0.25) is 19.6 Å². The first-order chi connectivity index (χ1) is 14.1. The molecule has 29 heavy (non-hydrogen) atoms. The van der Waals surface area contributed by atoms with E-state index in [4.69, 9.17) is 9.90 Å². The van der Waals surface area contributed by atoms with E-state index in [-0.39, 0.29) is 18.0 Å². The molecular formula is C21H34N4O4. The topological polar surface area (TPSA) is 110 Å². The van der Waals surface area contributed by atoms with Crippen LogP contribution in [-0.4, -0.2) is 74.9 Å². The molecule has 1 amide bonds. The lowest BCUT2D eigenvalue weighted by molar-refractivity contribution is -0.142. The first-order valence-electron chi connectivity index (χ1n) is 10.8. The predicted molar refractivity (Wildman–Crippen MR) is 108 cm³/mol. The molecule has 2 saturated heterocycles. The van der Waals surface area contributed by atoms with Crippen molar-refractivity contribution in [3.63, 3.8) is 0 Å². The third kappa shape index (κ3) is 5.57. The number of H-pyrrole nitrogens is 1. The van der Waals surface area contributed by atoms with Gasteiger partial charge in [-0.1, -0.05) is 12.8 Å². The number of carboxylic acid groups (broad SMARTS) is 1. The molecule has 1 aromatic rings. The number of nitrogens with zero attached hydrogens (tertiary/aromatic N) is 3. The number of aromatic amines is 1. The maximum atomic E-state index is 12.8. The Morgan fingerprint density at radius 1 is 1.24 bits per heavy atom. The Morgan fingerprint density at radius 2 is 2.00 bits per heavy atom. The van der Waals surface area contributed by atoms with Crippen LogP contribution in [0, 0.1) is 11.3 Å². The third-order valence-electron chi connectivity index (χ3n) is 6.82. The van der Waals surface area contributed by atoms with Gasteiger partial charge in [0.2, 0.25) is 5.91 Å². The molecule has 0 bridgehead atoms. The second kappa shape index (κ2) is 10.2. The van der Waals surface area contributed by atoms with Crippen LogP contribution >= 0.6 is 0 Å². The summed E-state index contributed by atoms with van der Waals surface area (Å²) in [5.41, 5.74) is 0.948. The summed E-state index contributed by atoms with van der Waals surface area (Å²) in [5, 5.41) is 24.8. The first kappa shape index (κ1) is 21.8. The van der Waals surface area contributed by atoms with Crippen LogP contribution in [0.3, 0.4) is 0 Å². The molecule has 4 rings (SSSR count). The van der Waals surface area contributed by atoms with Crippen molar-refractivity contribution in [3.8, 4) is 0 Å². The van der Waals surface area contributed by atoms with Gasteiger partial charge in [0.1, 0.15) is 0 Å². The fraction of sp³-hybridized carbons (Fsp3) is 0.762. The highest BCUT2D eigenvalue weighted by atomic mass is 16.3. The minimum Gasteiger partial charge on any atom is -0.483 e. The van der Waals surface area contributed by atoms with E-state index >= 15 is 0 Å². The lowest BCUT2D eigenvalue weighted by Gasteiger charge is -2.51. The minimum atomic E-state index is -0.303. The fourth-order valence-corrected chi connectivity index (χ4v) is 5.35. The number of nitrogens with one attached hydrogen (secondary N) is 1. The highest BCUT2D eigenvalue weighted by molar-refractivity contribution is 5.76. The van der Waals surface area contributed by atoms with Gasteiger partial charge in [0, 0.05) is 56.5 Å². The van der Waals surface area contributed by atoms with Gasteiger partial charge in [-0.2, -0.15) is 5.10 Å². The predicted octanol–water partition coefficient (Wildman–Crippen LogP) is 1.87. The Kier molecular flexibility index (Phi) is 7.66. The smallest absolute Gasteiger partial charge is 0.290 e. The van der Waals surface area contributed by atoms with Crippen LogP contribution in [0.2, 0.25) is 0 Å². The van der Waals surface area contributed by atoms with Crippen molar-refractivity contribution in [1.29, 1.82) is 0 Å². The van der Waals surface area contributed by atoms with Crippen molar-refractivity contribution in [2.24, 2.45) is 11.3 Å². The molecule has 2 atom stereocenters. The molecular weight excluding hydrogens is 372 g/mol. The Morgan fingerprint density at radius 3 is 2.69 bits per heavy atom. The number of hydrogen-bond acceptors (Lipinski definition) is 5. The van der Waals surface area contributed by atoms with Crippen LogP contribution in [0.1, 0.15) is 57.1 Å². The van der Waals surface area contributed by atoms with E-state index in [1.807, 2.05) is 6.07 Å². The second-order valence-corrected chi connectivity index (χ2v) is 8.84. The first-order valence-corrected chi connectivity index (χ1v) is 10.8. The maximum absolute atomic E-state index is 12.8. The van der Waals surface area contributed by atoms with Crippen LogP contribution < -0.4 is 0 Å². The Balaban J connectivity index is 0.000000755. The monoisotopic (exact) mass is 406 g/mol. The third-order valence-corrected chi connectivity index (χ3v) is 6.82. The Bertz CT molecular complexity index is 647. The van der Waals surface area contributed by atoms with Crippen molar-refractivity contribution in [2.45, 2.75) is 64.0 Å². The zero-order valence-electron chi connectivity index (χ0n) is 17.1. The summed E-state index contributed by atoms with van der Waals surface area (Å²) in [6, 6.07) is 2.01. The summed E-state index contributed by atoms with van der Waals surface area (Å²) in [6.45, 7) is 3.93. The summed E-state index contributed by atoms with van der Waals surface area (Å²) in [7, 11) is 0. The number of carbonyl (C=O) groups excluding carboxylic acids is 1. The van der Waals surface area contributed by atoms with E-state index in [1.165, 1.54) is 25.7 Å². The van der Waals surface area contributed by atoms with Crippen molar-refractivity contribution in [2.75, 3.05) is 26.2 Å². The van der Waals surface area contributed by atoms with Crippen LogP contribution in [-0.2, 0) is 16.1 Å². The standard InChI is InChI=1S/C20H32N4O2.CH2O2/c25-18-7-11-23(13-17-6-9-21-22-17)14-20(18)8-3-10-24(15-20)19(26)12-16-4-1-2-5-16;2-1-3/h6,9,16,18,25H,1-5,7-8,10-15H2,(H,21,22);1H,(H,2,3)/t18-,20-;/m1./s1. The molecule has 3 N–H and O–H groups in total. The zero-order chi connectivity index (χ0) is 20.7. The molecule has 162 valence electrons. The number of likely N-dealkylation sites (tertiary alicyclic amines) is 2. The molecule has 1 aliphatic carbocycles. The molecule has 3 fully saturated rings. The molecule has 0 radical (unpaired) electrons. The van der Waals surface area contributed by atoms with Gasteiger partial charge < -0.3 is 15.1 Å². The Hall–Kier alpha value is -1.93. The zero-order valence-corrected chi connectivity index (χ0v) is 17.1. The summed E-state index contributed by atoms with van der Waals surface area (Å²) >= 11 is 0. The van der Waals surface area contributed by atoms with E-state index in [0.717, 1.165) is 57.7 Å². The van der Waals surface area contributed by atoms with Gasteiger partial charge in [0.25, 0.3) is 6.47 Å². The molecule has 1 aromatic heterocycles. The van der Waals surface area contributed by atoms with Crippen molar-refractivity contribution < 1.29 is 19.8 Å². The molecule has 8 nitrogen and oxygen atoms in total. The van der Waals surface area contributed by atoms with Crippen LogP contribution in [0.4, 0.5) is 0 Å². The number of aliphatic hydroxyl groups is 1. The van der Waals surface area contributed by atoms with E-state index in [2.05, 4.69) is 20.0 Å². The number of carbonyl (C=O) groups is 2. The minimum absolute atomic E-state index is 0.165. The van der Waals surface area contributed by atoms with Crippen molar-refractivity contribution >= 4 is 12.4 Å². The number of aromatic nitrogens is 2. The molecule has 3 aliphatic rings. The molecule has 3 heterocycles. The average molecular weight is 407 g/mol. The summed E-state index contributed by atoms with van der Waals surface area (Å²) < 4.78 is 0. The van der Waals surface area contributed by atoms with Crippen LogP contribution in [0.5, 0.6) is 0 Å². The van der Waals surface area contributed by atoms with Gasteiger partial charge >= 0.3 is 0 Å². The summed E-state index contributed by atoms with van der Waals surface area (Å²) in [5.74, 6) is 0.905. The summed E-state index contributed by atoms with van der Waals surface area (Å²) in [4.78, 5) is 25.7. The van der Waals surface area contributed by atoms with Crippen LogP contribution in [0.25, 0.3) is 0 Å². The van der Waals surface area contributed by atoms with Crippen LogP contribution in [0.15, 0.2) is 12.3 Å². The molecule has 1 spiro atoms.